The lowest BCUT2D eigenvalue weighted by molar-refractivity contribution is 0.0927. The Morgan fingerprint density at radius 3 is 2.78 bits per heavy atom. The van der Waals surface area contributed by atoms with Gasteiger partial charge in [-0.15, -0.1) is 0 Å². The highest BCUT2D eigenvalue weighted by atomic mass is 35.5. The third-order valence-corrected chi connectivity index (χ3v) is 3.47. The number of nitrogens with one attached hydrogen (secondary N) is 1. The monoisotopic (exact) mass is 268 g/mol. The maximum Gasteiger partial charge on any atom is 0.253 e. The molecule has 0 atom stereocenters. The Hall–Kier alpha value is -1.29. The summed E-state index contributed by atoms with van der Waals surface area (Å²) >= 11 is 5.95. The molecule has 1 aromatic heterocycles. The second-order valence-electron chi connectivity index (χ2n) is 4.52. The van der Waals surface area contributed by atoms with Crippen molar-refractivity contribution in [1.82, 2.24) is 10.3 Å². The summed E-state index contributed by atoms with van der Waals surface area (Å²) in [5, 5.41) is 3.38. The third-order valence-electron chi connectivity index (χ3n) is 3.20. The molecule has 1 aromatic rings. The summed E-state index contributed by atoms with van der Waals surface area (Å²) in [6, 6.07) is 1.87. The number of aromatic nitrogens is 1. The van der Waals surface area contributed by atoms with Crippen LogP contribution in [0.25, 0.3) is 0 Å². The molecule has 2 rings (SSSR count). The van der Waals surface area contributed by atoms with E-state index in [-0.39, 0.29) is 11.9 Å². The van der Waals surface area contributed by atoms with E-state index in [2.05, 4.69) is 10.3 Å². The molecule has 5 heteroatoms. The number of rotatable bonds is 3. The number of ether oxygens (including phenoxy) is 1. The van der Waals surface area contributed by atoms with Crippen LogP contribution in [0.15, 0.2) is 12.3 Å². The van der Waals surface area contributed by atoms with Gasteiger partial charge in [0.05, 0.1) is 12.7 Å². The van der Waals surface area contributed by atoms with E-state index in [0.717, 1.165) is 12.8 Å². The van der Waals surface area contributed by atoms with Crippen molar-refractivity contribution >= 4 is 17.5 Å². The van der Waals surface area contributed by atoms with Crippen molar-refractivity contribution in [3.63, 3.8) is 0 Å². The number of hydrogen-bond acceptors (Lipinski definition) is 3. The number of hydrogen-bond donors (Lipinski definition) is 1. The summed E-state index contributed by atoms with van der Waals surface area (Å²) in [5.74, 6) is 0.227. The molecule has 1 N–H and O–H groups in total. The van der Waals surface area contributed by atoms with Crippen LogP contribution in [0.2, 0.25) is 5.02 Å². The van der Waals surface area contributed by atoms with Gasteiger partial charge in [-0.25, -0.2) is 4.98 Å². The van der Waals surface area contributed by atoms with Crippen LogP contribution in [-0.2, 0) is 0 Å². The number of pyridine rings is 1. The number of carbonyl (C=O) groups is 1. The third kappa shape index (κ3) is 3.13. The fourth-order valence-corrected chi connectivity index (χ4v) is 2.46. The SMILES string of the molecule is COc1ncc(C(=O)NC2CCCCC2)cc1Cl. The van der Waals surface area contributed by atoms with Gasteiger partial charge >= 0.3 is 0 Å². The molecule has 1 heterocycles. The van der Waals surface area contributed by atoms with Crippen LogP contribution in [-0.4, -0.2) is 24.0 Å². The molecule has 4 nitrogen and oxygen atoms in total. The fourth-order valence-electron chi connectivity index (χ4n) is 2.22. The van der Waals surface area contributed by atoms with E-state index in [1.165, 1.54) is 32.6 Å². The van der Waals surface area contributed by atoms with E-state index in [1.54, 1.807) is 6.07 Å². The molecular weight excluding hydrogens is 252 g/mol. The first-order valence-electron chi connectivity index (χ1n) is 6.21. The summed E-state index contributed by atoms with van der Waals surface area (Å²) < 4.78 is 4.95. The van der Waals surface area contributed by atoms with Crippen LogP contribution in [0.1, 0.15) is 42.5 Å². The highest BCUT2D eigenvalue weighted by molar-refractivity contribution is 6.32. The summed E-state index contributed by atoms with van der Waals surface area (Å²) in [4.78, 5) is 16.0. The van der Waals surface area contributed by atoms with Crippen molar-refractivity contribution in [3.8, 4) is 5.88 Å². The fraction of sp³-hybridized carbons (Fsp3) is 0.538. The molecule has 0 radical (unpaired) electrons. The minimum absolute atomic E-state index is 0.112. The predicted molar refractivity (Wildman–Crippen MR) is 70.1 cm³/mol. The number of nitrogens with zero attached hydrogens (tertiary/aromatic N) is 1. The lowest BCUT2D eigenvalue weighted by atomic mass is 9.95. The second kappa shape index (κ2) is 6.05. The van der Waals surface area contributed by atoms with Crippen LogP contribution in [0, 0.1) is 0 Å². The van der Waals surface area contributed by atoms with Crippen molar-refractivity contribution < 1.29 is 9.53 Å². The van der Waals surface area contributed by atoms with Crippen molar-refractivity contribution in [2.75, 3.05) is 7.11 Å². The molecule has 1 aliphatic carbocycles. The molecule has 1 saturated carbocycles. The number of methoxy groups -OCH3 is 1. The Kier molecular flexibility index (Phi) is 4.42. The molecule has 0 aromatic carbocycles. The largest absolute Gasteiger partial charge is 0.480 e. The molecule has 1 fully saturated rings. The van der Waals surface area contributed by atoms with E-state index >= 15 is 0 Å². The average molecular weight is 269 g/mol. The molecule has 1 aliphatic rings. The van der Waals surface area contributed by atoms with E-state index in [0.29, 0.717) is 16.5 Å². The van der Waals surface area contributed by atoms with E-state index < -0.39 is 0 Å². The summed E-state index contributed by atoms with van der Waals surface area (Å²) in [6.45, 7) is 0. The summed E-state index contributed by atoms with van der Waals surface area (Å²) in [7, 11) is 1.50. The van der Waals surface area contributed by atoms with Crippen LogP contribution >= 0.6 is 11.6 Å². The molecule has 18 heavy (non-hydrogen) atoms. The highest BCUT2D eigenvalue weighted by Crippen LogP contribution is 2.22. The normalized spacial score (nSPS) is 16.3. The van der Waals surface area contributed by atoms with Gasteiger partial charge in [0.15, 0.2) is 0 Å². The van der Waals surface area contributed by atoms with Crippen molar-refractivity contribution in [1.29, 1.82) is 0 Å². The lowest BCUT2D eigenvalue weighted by Crippen LogP contribution is -2.36. The van der Waals surface area contributed by atoms with Gasteiger partial charge in [-0.2, -0.15) is 0 Å². The quantitative estimate of drug-likeness (QED) is 0.917. The minimum Gasteiger partial charge on any atom is -0.480 e. The minimum atomic E-state index is -0.112. The Labute approximate surface area is 112 Å². The molecule has 98 valence electrons. The van der Waals surface area contributed by atoms with Crippen molar-refractivity contribution in [3.05, 3.63) is 22.8 Å². The van der Waals surface area contributed by atoms with Gasteiger partial charge in [0.2, 0.25) is 5.88 Å². The molecule has 0 spiro atoms. The van der Waals surface area contributed by atoms with Gasteiger partial charge in [0, 0.05) is 12.2 Å². The predicted octanol–water partition coefficient (Wildman–Crippen LogP) is 2.81. The molecule has 0 aliphatic heterocycles. The summed E-state index contributed by atoms with van der Waals surface area (Å²) in [5.41, 5.74) is 0.478. The van der Waals surface area contributed by atoms with Crippen LogP contribution < -0.4 is 10.1 Å². The zero-order valence-electron chi connectivity index (χ0n) is 10.4. The average Bonchev–Trinajstić information content (AvgIpc) is 2.39. The molecular formula is C13H17ClN2O2. The molecule has 0 unspecified atom stereocenters. The Balaban J connectivity index is 2.01. The first-order chi connectivity index (χ1) is 8.70. The van der Waals surface area contributed by atoms with Gasteiger partial charge in [-0.05, 0) is 18.9 Å². The van der Waals surface area contributed by atoms with Gasteiger partial charge < -0.3 is 10.1 Å². The maximum absolute atomic E-state index is 12.0. The number of halogens is 1. The van der Waals surface area contributed by atoms with Gasteiger partial charge in [0.25, 0.3) is 5.91 Å². The van der Waals surface area contributed by atoms with E-state index in [4.69, 9.17) is 16.3 Å². The molecule has 1 amide bonds. The molecule has 0 bridgehead atoms. The zero-order chi connectivity index (χ0) is 13.0. The zero-order valence-corrected chi connectivity index (χ0v) is 11.2. The summed E-state index contributed by atoms with van der Waals surface area (Å²) in [6.07, 6.45) is 7.25. The van der Waals surface area contributed by atoms with Gasteiger partial charge in [0.1, 0.15) is 5.02 Å². The topological polar surface area (TPSA) is 51.2 Å². The number of amides is 1. The van der Waals surface area contributed by atoms with E-state index in [1.807, 2.05) is 0 Å². The van der Waals surface area contributed by atoms with Crippen LogP contribution in [0.3, 0.4) is 0 Å². The van der Waals surface area contributed by atoms with Gasteiger partial charge in [-0.1, -0.05) is 30.9 Å². The second-order valence-corrected chi connectivity index (χ2v) is 4.93. The first-order valence-corrected chi connectivity index (χ1v) is 6.59. The standard InChI is InChI=1S/C13H17ClN2O2/c1-18-13-11(14)7-9(8-15-13)12(17)16-10-5-3-2-4-6-10/h7-8,10H,2-6H2,1H3,(H,16,17). The van der Waals surface area contributed by atoms with Crippen molar-refractivity contribution in [2.45, 2.75) is 38.1 Å². The lowest BCUT2D eigenvalue weighted by Gasteiger charge is -2.22. The number of carbonyl (C=O) groups excluding carboxylic acids is 1. The van der Waals surface area contributed by atoms with Gasteiger partial charge in [-0.3, -0.25) is 4.79 Å². The van der Waals surface area contributed by atoms with E-state index in [9.17, 15) is 4.79 Å². The first kappa shape index (κ1) is 13.1. The highest BCUT2D eigenvalue weighted by Gasteiger charge is 2.17. The van der Waals surface area contributed by atoms with Crippen LogP contribution in [0.5, 0.6) is 5.88 Å². The molecule has 0 saturated heterocycles. The Bertz CT molecular complexity index is 431. The smallest absolute Gasteiger partial charge is 0.253 e. The maximum atomic E-state index is 12.0. The van der Waals surface area contributed by atoms with Crippen LogP contribution in [0.4, 0.5) is 0 Å². The Morgan fingerprint density at radius 1 is 1.44 bits per heavy atom. The Morgan fingerprint density at radius 2 is 2.17 bits per heavy atom. The van der Waals surface area contributed by atoms with Crippen molar-refractivity contribution in [2.24, 2.45) is 0 Å².